The molecule has 0 N–H and O–H groups in total. The van der Waals surface area contributed by atoms with Crippen LogP contribution in [0, 0.1) is 0 Å². The van der Waals surface area contributed by atoms with Crippen LogP contribution in [0.15, 0.2) is 18.7 Å². The van der Waals surface area contributed by atoms with E-state index in [1.54, 1.807) is 6.07 Å². The zero-order chi connectivity index (χ0) is 29.4. The maximum absolute atomic E-state index is 13.4. The molecule has 0 radical (unpaired) electrons. The lowest BCUT2D eigenvalue weighted by Crippen LogP contribution is -2.15. The summed E-state index contributed by atoms with van der Waals surface area (Å²) in [6.07, 6.45) is 18.0. The van der Waals surface area contributed by atoms with Gasteiger partial charge in [0.1, 0.15) is 0 Å². The van der Waals surface area contributed by atoms with E-state index in [0.29, 0.717) is 54.7 Å². The van der Waals surface area contributed by atoms with Crippen molar-refractivity contribution in [2.24, 2.45) is 0 Å². The summed E-state index contributed by atoms with van der Waals surface area (Å²) in [4.78, 5) is 12.6. The molecule has 0 heterocycles. The van der Waals surface area contributed by atoms with Crippen LogP contribution >= 0.6 is 7.80 Å². The summed E-state index contributed by atoms with van der Waals surface area (Å²) < 4.78 is 38.6. The van der Waals surface area contributed by atoms with E-state index in [1.807, 2.05) is 0 Å². The largest absolute Gasteiger partial charge is 0.489 e. The molecule has 228 valence electrons. The van der Waals surface area contributed by atoms with Gasteiger partial charge in [-0.3, -0.25) is 0 Å². The summed E-state index contributed by atoms with van der Waals surface area (Å²) in [6, 6.07) is 1.67. The fraction of sp³-hybridized carbons (Fsp3) is 0.727. The van der Waals surface area contributed by atoms with Crippen molar-refractivity contribution in [1.82, 2.24) is 0 Å². The fourth-order valence-electron chi connectivity index (χ4n) is 4.27. The number of carbonyl (C=O) groups excluding carboxylic acids is 1. The molecular formula is C33H56O6P+. The Morgan fingerprint density at radius 3 is 1.45 bits per heavy atom. The molecule has 0 spiro atoms. The third-order valence-corrected chi connectivity index (χ3v) is 8.07. The van der Waals surface area contributed by atoms with Crippen LogP contribution in [0.5, 0.6) is 23.0 Å². The second-order valence-corrected chi connectivity index (χ2v) is 11.9. The van der Waals surface area contributed by atoms with Gasteiger partial charge in [-0.05, 0) is 25.7 Å². The van der Waals surface area contributed by atoms with E-state index in [2.05, 4.69) is 34.3 Å². The van der Waals surface area contributed by atoms with Crippen molar-refractivity contribution in [3.63, 3.8) is 0 Å². The Balaban J connectivity index is 3.50. The predicted molar refractivity (Wildman–Crippen MR) is 167 cm³/mol. The van der Waals surface area contributed by atoms with Gasteiger partial charge in [0.25, 0.3) is 0 Å². The summed E-state index contributed by atoms with van der Waals surface area (Å²) in [5.74, 6) is 1.70. The second-order valence-electron chi connectivity index (χ2n) is 10.4. The Kier molecular flexibility index (Phi) is 21.2. The fourth-order valence-corrected chi connectivity index (χ4v) is 5.26. The van der Waals surface area contributed by atoms with Crippen molar-refractivity contribution in [1.29, 1.82) is 0 Å². The quantitative estimate of drug-likeness (QED) is 0.0587. The van der Waals surface area contributed by atoms with Gasteiger partial charge in [-0.2, -0.15) is 0 Å². The highest BCUT2D eigenvalue weighted by atomic mass is 31.1. The van der Waals surface area contributed by atoms with Crippen LogP contribution in [0.3, 0.4) is 0 Å². The normalized spacial score (nSPS) is 11.2. The van der Waals surface area contributed by atoms with Gasteiger partial charge < -0.3 is 18.9 Å². The van der Waals surface area contributed by atoms with Gasteiger partial charge in [0.05, 0.1) is 26.4 Å². The number of ether oxygens (including phenoxy) is 4. The molecule has 0 aliphatic heterocycles. The van der Waals surface area contributed by atoms with Gasteiger partial charge in [-0.1, -0.05) is 116 Å². The van der Waals surface area contributed by atoms with Crippen LogP contribution < -0.4 is 24.3 Å². The third-order valence-electron chi connectivity index (χ3n) is 6.72. The zero-order valence-corrected chi connectivity index (χ0v) is 26.8. The first-order valence-electron chi connectivity index (χ1n) is 15.9. The van der Waals surface area contributed by atoms with E-state index >= 15 is 0 Å². The van der Waals surface area contributed by atoms with E-state index in [1.165, 1.54) is 0 Å². The lowest BCUT2D eigenvalue weighted by Gasteiger charge is -2.20. The number of allylic oxidation sites excluding steroid dienone is 1. The molecule has 0 amide bonds. The first-order valence-corrected chi connectivity index (χ1v) is 17.2. The number of unbranched alkanes of at least 4 members (excludes halogenated alkanes) is 12. The third kappa shape index (κ3) is 14.0. The molecule has 1 unspecified atom stereocenters. The molecule has 0 aliphatic rings. The molecule has 0 saturated heterocycles. The molecule has 0 aromatic heterocycles. The van der Waals surface area contributed by atoms with Crippen molar-refractivity contribution in [3.8, 4) is 23.0 Å². The van der Waals surface area contributed by atoms with Crippen molar-refractivity contribution in [3.05, 3.63) is 18.7 Å². The topological polar surface area (TPSA) is 71.1 Å². The first-order chi connectivity index (χ1) is 19.5. The molecule has 7 heteroatoms. The number of carbonyl (C=O) groups is 1. The average Bonchev–Trinajstić information content (AvgIpc) is 2.97. The van der Waals surface area contributed by atoms with E-state index < -0.39 is 13.3 Å². The van der Waals surface area contributed by atoms with E-state index in [9.17, 15) is 9.36 Å². The highest BCUT2D eigenvalue weighted by Gasteiger charge is 2.38. The molecule has 40 heavy (non-hydrogen) atoms. The van der Waals surface area contributed by atoms with Gasteiger partial charge in [0.2, 0.25) is 22.6 Å². The number of hydrogen-bond donors (Lipinski definition) is 0. The Hall–Kier alpha value is -2.07. The van der Waals surface area contributed by atoms with Gasteiger partial charge in [0, 0.05) is 12.1 Å². The number of benzene rings is 1. The van der Waals surface area contributed by atoms with E-state index in [4.69, 9.17) is 18.9 Å². The minimum Gasteiger partial charge on any atom is -0.489 e. The van der Waals surface area contributed by atoms with Crippen LogP contribution in [0.25, 0.3) is 0 Å². The molecule has 1 aromatic carbocycles. The lowest BCUT2D eigenvalue weighted by atomic mass is 10.2. The van der Waals surface area contributed by atoms with Gasteiger partial charge in [-0.25, -0.2) is 4.79 Å². The van der Waals surface area contributed by atoms with Crippen LogP contribution in [0.1, 0.15) is 130 Å². The molecule has 1 atom stereocenters. The first kappa shape index (κ1) is 36.0. The molecule has 0 bridgehead atoms. The molecule has 0 aliphatic carbocycles. The standard InChI is InChI=1S/C33H56O6P/c1-6-11-15-19-23-36-28-27-29(40(35)30(34)10-5)32(38-25-21-17-13-8-3)33(39-26-22-18-14-9-4)31(28)37-24-20-16-12-7-2/h10,27H,5-9,11-26H2,1-4H3/q+1. The summed E-state index contributed by atoms with van der Waals surface area (Å²) >= 11 is 0. The average molecular weight is 580 g/mol. The lowest BCUT2D eigenvalue weighted by molar-refractivity contribution is -0.107. The van der Waals surface area contributed by atoms with Crippen molar-refractivity contribution in [2.45, 2.75) is 130 Å². The van der Waals surface area contributed by atoms with Crippen LogP contribution in [-0.2, 0) is 9.36 Å². The molecule has 1 aromatic rings. The summed E-state index contributed by atoms with van der Waals surface area (Å²) in [5.41, 5.74) is -0.540. The van der Waals surface area contributed by atoms with Gasteiger partial charge in [-0.15, -0.1) is 0 Å². The SMILES string of the molecule is C=CC(=O)[P+](=O)c1cc(OCCCCCC)c(OCCCCCC)c(OCCCCCC)c1OCCCCCC. The van der Waals surface area contributed by atoms with Gasteiger partial charge >= 0.3 is 13.3 Å². The van der Waals surface area contributed by atoms with E-state index in [-0.39, 0.29) is 0 Å². The molecule has 0 saturated carbocycles. The van der Waals surface area contributed by atoms with Crippen LogP contribution in [0.2, 0.25) is 0 Å². The van der Waals surface area contributed by atoms with Crippen LogP contribution in [0.4, 0.5) is 0 Å². The predicted octanol–water partition coefficient (Wildman–Crippen LogP) is 9.69. The minimum atomic E-state index is -2.45. The zero-order valence-electron chi connectivity index (χ0n) is 25.9. The van der Waals surface area contributed by atoms with E-state index in [0.717, 1.165) is 109 Å². The van der Waals surface area contributed by atoms with Crippen molar-refractivity contribution < 1.29 is 28.3 Å². The minimum absolute atomic E-state index is 0.292. The summed E-state index contributed by atoms with van der Waals surface area (Å²) in [7, 11) is -2.45. The molecule has 1 rings (SSSR count). The smallest absolute Gasteiger partial charge is 0.462 e. The maximum Gasteiger partial charge on any atom is 0.462 e. The molecule has 0 fully saturated rings. The van der Waals surface area contributed by atoms with Crippen molar-refractivity contribution in [2.75, 3.05) is 26.4 Å². The monoisotopic (exact) mass is 579 g/mol. The Labute approximate surface area is 245 Å². The molecular weight excluding hydrogens is 523 g/mol. The Bertz CT molecular complexity index is 854. The van der Waals surface area contributed by atoms with Gasteiger partial charge in [0.15, 0.2) is 5.75 Å². The second kappa shape index (κ2) is 23.6. The van der Waals surface area contributed by atoms with Crippen molar-refractivity contribution >= 4 is 18.6 Å². The van der Waals surface area contributed by atoms with Crippen LogP contribution in [-0.4, -0.2) is 32.0 Å². The highest BCUT2D eigenvalue weighted by molar-refractivity contribution is 7.71. The summed E-state index contributed by atoms with van der Waals surface area (Å²) in [6.45, 7) is 14.2. The Morgan fingerprint density at radius 1 is 0.625 bits per heavy atom. The molecule has 6 nitrogen and oxygen atoms in total. The maximum atomic E-state index is 13.4. The Morgan fingerprint density at radius 2 is 1.02 bits per heavy atom. The number of hydrogen-bond acceptors (Lipinski definition) is 6. The highest BCUT2D eigenvalue weighted by Crippen LogP contribution is 2.47. The summed E-state index contributed by atoms with van der Waals surface area (Å²) in [5, 5.41) is 0.292. The number of rotatable bonds is 27.